The molecule has 0 bridgehead atoms. The van der Waals surface area contributed by atoms with Gasteiger partial charge in [0, 0.05) is 5.92 Å². The minimum atomic E-state index is -0.896. The summed E-state index contributed by atoms with van der Waals surface area (Å²) in [5, 5.41) is 0.106. The highest BCUT2D eigenvalue weighted by molar-refractivity contribution is 7.92. The normalized spacial score (nSPS) is 48.0. The predicted molar refractivity (Wildman–Crippen MR) is 41.1 cm³/mol. The molecule has 1 aliphatic rings. The van der Waals surface area contributed by atoms with E-state index in [0.29, 0.717) is 0 Å². The van der Waals surface area contributed by atoms with Crippen LogP contribution in [0.15, 0.2) is 0 Å². The van der Waals surface area contributed by atoms with Gasteiger partial charge in [0.05, 0.1) is 0 Å². The van der Waals surface area contributed by atoms with Gasteiger partial charge in [-0.2, -0.15) is 0 Å². The van der Waals surface area contributed by atoms with Gasteiger partial charge in [-0.25, -0.2) is 4.39 Å². The van der Waals surface area contributed by atoms with Crippen LogP contribution in [0.4, 0.5) is 4.39 Å². The fourth-order valence-corrected chi connectivity index (χ4v) is 3.35. The maximum Gasteiger partial charge on any atom is 0.152 e. The number of hydrogen-bond donors (Lipinski definition) is 0. The minimum Gasteiger partial charge on any atom is -0.616 e. The Morgan fingerprint density at radius 3 is 2.50 bits per heavy atom. The summed E-state index contributed by atoms with van der Waals surface area (Å²) in [4.78, 5) is 0. The van der Waals surface area contributed by atoms with Gasteiger partial charge in [0.2, 0.25) is 0 Å². The fourth-order valence-electron chi connectivity index (χ4n) is 1.46. The number of rotatable bonds is 1. The van der Waals surface area contributed by atoms with Crippen LogP contribution in [0.3, 0.4) is 0 Å². The van der Waals surface area contributed by atoms with Crippen LogP contribution in [0, 0.1) is 5.92 Å². The molecule has 0 aliphatic carbocycles. The highest BCUT2D eigenvalue weighted by Gasteiger charge is 2.42. The molecule has 0 N–H and O–H groups in total. The molecule has 0 amide bonds. The zero-order valence-corrected chi connectivity index (χ0v) is 7.16. The third-order valence-electron chi connectivity index (χ3n) is 2.22. The lowest BCUT2D eigenvalue weighted by Crippen LogP contribution is -2.20. The molecule has 0 aromatic rings. The van der Waals surface area contributed by atoms with E-state index in [2.05, 4.69) is 0 Å². The summed E-state index contributed by atoms with van der Waals surface area (Å²) in [6.07, 6.45) is 0.0135. The Bertz CT molecular complexity index is 120. The van der Waals surface area contributed by atoms with Crippen molar-refractivity contribution in [3.8, 4) is 0 Å². The Labute approximate surface area is 64.2 Å². The van der Waals surface area contributed by atoms with Crippen molar-refractivity contribution in [2.45, 2.75) is 31.7 Å². The molecular formula is C7H13FOS. The topological polar surface area (TPSA) is 23.1 Å². The number of hydrogen-bond acceptors (Lipinski definition) is 1. The lowest BCUT2D eigenvalue weighted by Gasteiger charge is -2.13. The van der Waals surface area contributed by atoms with Crippen LogP contribution < -0.4 is 0 Å². The highest BCUT2D eigenvalue weighted by Crippen LogP contribution is 2.30. The van der Waals surface area contributed by atoms with Gasteiger partial charge < -0.3 is 4.55 Å². The molecule has 1 aliphatic heterocycles. The van der Waals surface area contributed by atoms with Gasteiger partial charge in [0.25, 0.3) is 0 Å². The van der Waals surface area contributed by atoms with Crippen molar-refractivity contribution in [3.05, 3.63) is 0 Å². The van der Waals surface area contributed by atoms with Crippen LogP contribution >= 0.6 is 0 Å². The first-order chi connectivity index (χ1) is 4.66. The van der Waals surface area contributed by atoms with Crippen LogP contribution in [0.25, 0.3) is 0 Å². The van der Waals surface area contributed by atoms with Gasteiger partial charge in [0.15, 0.2) is 6.17 Å². The van der Waals surface area contributed by atoms with Crippen molar-refractivity contribution in [1.82, 2.24) is 0 Å². The van der Waals surface area contributed by atoms with E-state index in [-0.39, 0.29) is 16.9 Å². The standard InChI is InChI=1S/C7H13FOS/c1-3-7-5(2)6(8)4-10(7)9/h5-7H,3-4H2,1-2H3/t5-,6+,7+,10+/m0/s1. The Kier molecular flexibility index (Phi) is 2.58. The molecule has 0 aromatic heterocycles. The van der Waals surface area contributed by atoms with Crippen LogP contribution in [-0.4, -0.2) is 21.7 Å². The summed E-state index contributed by atoms with van der Waals surface area (Å²) in [5.41, 5.74) is 0. The zero-order valence-electron chi connectivity index (χ0n) is 6.34. The van der Waals surface area contributed by atoms with Crippen molar-refractivity contribution in [3.63, 3.8) is 0 Å². The molecule has 3 heteroatoms. The molecule has 1 heterocycles. The third-order valence-corrected chi connectivity index (χ3v) is 4.31. The summed E-state index contributed by atoms with van der Waals surface area (Å²) in [5.74, 6) is 0.269. The van der Waals surface area contributed by atoms with Gasteiger partial charge in [-0.15, -0.1) is 0 Å². The van der Waals surface area contributed by atoms with Crippen molar-refractivity contribution in [2.24, 2.45) is 5.92 Å². The van der Waals surface area contributed by atoms with Gasteiger partial charge >= 0.3 is 0 Å². The van der Waals surface area contributed by atoms with E-state index in [1.807, 2.05) is 13.8 Å². The largest absolute Gasteiger partial charge is 0.616 e. The second-order valence-electron chi connectivity index (χ2n) is 2.87. The van der Waals surface area contributed by atoms with Gasteiger partial charge in [0.1, 0.15) is 11.0 Å². The number of alkyl halides is 1. The molecule has 0 radical (unpaired) electrons. The lowest BCUT2D eigenvalue weighted by atomic mass is 10.0. The average molecular weight is 164 g/mol. The summed E-state index contributed by atoms with van der Waals surface area (Å²) < 4.78 is 23.9. The molecule has 1 rings (SSSR count). The first-order valence-electron chi connectivity index (χ1n) is 3.68. The van der Waals surface area contributed by atoms with E-state index in [0.717, 1.165) is 6.42 Å². The molecule has 0 saturated carbocycles. The van der Waals surface area contributed by atoms with Gasteiger partial charge in [-0.1, -0.05) is 13.8 Å². The highest BCUT2D eigenvalue weighted by atomic mass is 32.2. The van der Waals surface area contributed by atoms with E-state index in [9.17, 15) is 8.94 Å². The fraction of sp³-hybridized carbons (Fsp3) is 1.00. The maximum absolute atomic E-state index is 12.8. The van der Waals surface area contributed by atoms with E-state index in [1.165, 1.54) is 0 Å². The molecule has 10 heavy (non-hydrogen) atoms. The van der Waals surface area contributed by atoms with E-state index in [4.69, 9.17) is 0 Å². The van der Waals surface area contributed by atoms with Crippen molar-refractivity contribution in [1.29, 1.82) is 0 Å². The molecule has 1 nitrogen and oxygen atoms in total. The molecule has 60 valence electrons. The molecule has 1 saturated heterocycles. The van der Waals surface area contributed by atoms with E-state index in [1.54, 1.807) is 0 Å². The van der Waals surface area contributed by atoms with Gasteiger partial charge in [-0.05, 0) is 17.6 Å². The number of halogens is 1. The lowest BCUT2D eigenvalue weighted by molar-refractivity contribution is 0.277. The second-order valence-corrected chi connectivity index (χ2v) is 4.57. The second kappa shape index (κ2) is 3.09. The van der Waals surface area contributed by atoms with E-state index < -0.39 is 17.3 Å². The third kappa shape index (κ3) is 1.30. The molecule has 0 spiro atoms. The summed E-state index contributed by atoms with van der Waals surface area (Å²) >= 11 is -0.896. The van der Waals surface area contributed by atoms with Crippen LogP contribution in [-0.2, 0) is 11.2 Å². The minimum absolute atomic E-state index is 0.00540. The Morgan fingerprint density at radius 1 is 1.70 bits per heavy atom. The van der Waals surface area contributed by atoms with Crippen LogP contribution in [0.2, 0.25) is 0 Å². The van der Waals surface area contributed by atoms with Crippen LogP contribution in [0.1, 0.15) is 20.3 Å². The maximum atomic E-state index is 12.8. The zero-order chi connectivity index (χ0) is 7.72. The Hall–Kier alpha value is 0.240. The quantitative estimate of drug-likeness (QED) is 0.539. The SMILES string of the molecule is CC[C@@H]1[C@@H](C)[C@H](F)C[S@@+]1[O-]. The van der Waals surface area contributed by atoms with Crippen LogP contribution in [0.5, 0.6) is 0 Å². The monoisotopic (exact) mass is 164 g/mol. The molecular weight excluding hydrogens is 151 g/mol. The van der Waals surface area contributed by atoms with Gasteiger partial charge in [-0.3, -0.25) is 0 Å². The smallest absolute Gasteiger partial charge is 0.152 e. The predicted octanol–water partition coefficient (Wildman–Crippen LogP) is 1.50. The molecule has 1 fully saturated rings. The Morgan fingerprint density at radius 2 is 2.30 bits per heavy atom. The first-order valence-corrected chi connectivity index (χ1v) is 5.06. The van der Waals surface area contributed by atoms with E-state index >= 15 is 0 Å². The van der Waals surface area contributed by atoms with Crippen molar-refractivity contribution < 1.29 is 8.94 Å². The van der Waals surface area contributed by atoms with Crippen molar-refractivity contribution in [2.75, 3.05) is 5.75 Å². The first kappa shape index (κ1) is 8.34. The molecule has 0 unspecified atom stereocenters. The molecule has 0 aromatic carbocycles. The average Bonchev–Trinajstić information content (AvgIpc) is 2.09. The summed E-state index contributed by atoms with van der Waals surface area (Å²) in [7, 11) is 0. The van der Waals surface area contributed by atoms with Crippen molar-refractivity contribution >= 4 is 11.2 Å². The summed E-state index contributed by atoms with van der Waals surface area (Å²) in [6, 6.07) is 0. The molecule has 4 atom stereocenters. The summed E-state index contributed by atoms with van der Waals surface area (Å²) in [6.45, 7) is 3.82. The Balaban J connectivity index is 2.55.